The molecule has 1 aliphatic rings. The zero-order chi connectivity index (χ0) is 14.0. The molecule has 0 aromatic carbocycles. The zero-order valence-electron chi connectivity index (χ0n) is 12.9. The number of nitrogens with one attached hydrogen (secondary N) is 1. The Kier molecular flexibility index (Phi) is 4.64. The third kappa shape index (κ3) is 3.01. The van der Waals surface area contributed by atoms with Gasteiger partial charge in [-0.2, -0.15) is 0 Å². The van der Waals surface area contributed by atoms with Crippen molar-refractivity contribution in [1.29, 1.82) is 0 Å². The quantitative estimate of drug-likeness (QED) is 0.898. The van der Waals surface area contributed by atoms with E-state index < -0.39 is 0 Å². The standard InChI is InChI=1S/C15H27N3S/c1-6-16-15(7-8-18(10-15)12(4)5)14-17-13(9-19-14)11(2)3/h9,11-12,16H,6-8,10H2,1-5H3. The predicted octanol–water partition coefficient (Wildman–Crippen LogP) is 3.19. The van der Waals surface area contributed by atoms with E-state index in [4.69, 9.17) is 4.98 Å². The number of rotatable bonds is 5. The number of thiazole rings is 1. The minimum atomic E-state index is 0.0802. The van der Waals surface area contributed by atoms with E-state index in [1.165, 1.54) is 23.7 Å². The number of hydrogen-bond acceptors (Lipinski definition) is 4. The van der Waals surface area contributed by atoms with E-state index in [9.17, 15) is 0 Å². The van der Waals surface area contributed by atoms with Gasteiger partial charge in [-0.05, 0) is 32.7 Å². The van der Waals surface area contributed by atoms with Gasteiger partial charge in [0.15, 0.2) is 0 Å². The van der Waals surface area contributed by atoms with E-state index in [1.807, 2.05) is 11.3 Å². The Hall–Kier alpha value is -0.450. The van der Waals surface area contributed by atoms with Crippen LogP contribution in [0.4, 0.5) is 0 Å². The molecule has 1 saturated heterocycles. The van der Waals surface area contributed by atoms with Gasteiger partial charge in [0, 0.05) is 24.5 Å². The first-order chi connectivity index (χ1) is 8.98. The van der Waals surface area contributed by atoms with Crippen LogP contribution in [0.1, 0.15) is 57.7 Å². The van der Waals surface area contributed by atoms with Crippen LogP contribution in [0.15, 0.2) is 5.38 Å². The van der Waals surface area contributed by atoms with E-state index in [0.29, 0.717) is 12.0 Å². The monoisotopic (exact) mass is 281 g/mol. The maximum absolute atomic E-state index is 4.91. The Balaban J connectivity index is 2.24. The third-order valence-electron chi connectivity index (χ3n) is 4.07. The normalized spacial score (nSPS) is 24.8. The molecule has 0 aliphatic carbocycles. The van der Waals surface area contributed by atoms with Gasteiger partial charge in [0.05, 0.1) is 11.2 Å². The van der Waals surface area contributed by atoms with Crippen LogP contribution >= 0.6 is 11.3 Å². The van der Waals surface area contributed by atoms with Crippen LogP contribution in [0.2, 0.25) is 0 Å². The third-order valence-corrected chi connectivity index (χ3v) is 5.13. The Bertz CT molecular complexity index is 413. The smallest absolute Gasteiger partial charge is 0.114 e. The lowest BCUT2D eigenvalue weighted by Crippen LogP contribution is -2.45. The summed E-state index contributed by atoms with van der Waals surface area (Å²) >= 11 is 1.83. The van der Waals surface area contributed by atoms with Crippen molar-refractivity contribution in [2.75, 3.05) is 19.6 Å². The van der Waals surface area contributed by atoms with E-state index in [2.05, 4.69) is 50.2 Å². The molecule has 1 aromatic heterocycles. The fraction of sp³-hybridized carbons (Fsp3) is 0.800. The molecule has 0 amide bonds. The fourth-order valence-electron chi connectivity index (χ4n) is 2.78. The van der Waals surface area contributed by atoms with Crippen molar-refractivity contribution < 1.29 is 0 Å². The second-order valence-electron chi connectivity index (χ2n) is 6.16. The maximum Gasteiger partial charge on any atom is 0.114 e. The first-order valence-electron chi connectivity index (χ1n) is 7.43. The summed E-state index contributed by atoms with van der Waals surface area (Å²) in [5, 5.41) is 7.23. The van der Waals surface area contributed by atoms with Gasteiger partial charge in [0.2, 0.25) is 0 Å². The Morgan fingerprint density at radius 2 is 2.16 bits per heavy atom. The SMILES string of the molecule is CCNC1(c2nc(C(C)C)cs2)CCN(C(C)C)C1. The average molecular weight is 281 g/mol. The molecular formula is C15H27N3S. The highest BCUT2D eigenvalue weighted by molar-refractivity contribution is 7.09. The van der Waals surface area contributed by atoms with Gasteiger partial charge in [0.25, 0.3) is 0 Å². The molecule has 0 spiro atoms. The first-order valence-corrected chi connectivity index (χ1v) is 8.31. The predicted molar refractivity (Wildman–Crippen MR) is 82.9 cm³/mol. The average Bonchev–Trinajstić information content (AvgIpc) is 2.95. The highest BCUT2D eigenvalue weighted by atomic mass is 32.1. The number of nitrogens with zero attached hydrogens (tertiary/aromatic N) is 2. The van der Waals surface area contributed by atoms with Gasteiger partial charge in [0.1, 0.15) is 5.01 Å². The molecule has 108 valence electrons. The molecule has 1 fully saturated rings. The van der Waals surface area contributed by atoms with Crippen molar-refractivity contribution in [3.05, 3.63) is 16.1 Å². The van der Waals surface area contributed by atoms with Gasteiger partial charge < -0.3 is 5.32 Å². The summed E-state index contributed by atoms with van der Waals surface area (Å²) in [6.07, 6.45) is 1.17. The topological polar surface area (TPSA) is 28.2 Å². The lowest BCUT2D eigenvalue weighted by Gasteiger charge is -2.29. The molecule has 0 bridgehead atoms. The summed E-state index contributed by atoms with van der Waals surface area (Å²) in [6.45, 7) is 14.4. The highest BCUT2D eigenvalue weighted by Gasteiger charge is 2.42. The second-order valence-corrected chi connectivity index (χ2v) is 7.02. The number of likely N-dealkylation sites (tertiary alicyclic amines) is 1. The molecule has 1 aliphatic heterocycles. The Labute approximate surface area is 121 Å². The van der Waals surface area contributed by atoms with Gasteiger partial charge in [-0.1, -0.05) is 20.8 Å². The molecule has 2 rings (SSSR count). The summed E-state index contributed by atoms with van der Waals surface area (Å²) in [5.41, 5.74) is 1.32. The lowest BCUT2D eigenvalue weighted by atomic mass is 9.99. The molecule has 0 saturated carbocycles. The van der Waals surface area contributed by atoms with E-state index in [0.717, 1.165) is 13.1 Å². The van der Waals surface area contributed by atoms with Gasteiger partial charge in [-0.3, -0.25) is 4.90 Å². The summed E-state index contributed by atoms with van der Waals surface area (Å²) < 4.78 is 0. The minimum Gasteiger partial charge on any atom is -0.305 e. The molecular weight excluding hydrogens is 254 g/mol. The molecule has 4 heteroatoms. The van der Waals surface area contributed by atoms with Crippen molar-refractivity contribution in [2.24, 2.45) is 0 Å². The summed E-state index contributed by atoms with van der Waals surface area (Å²) in [5.74, 6) is 0.520. The minimum absolute atomic E-state index is 0.0802. The zero-order valence-corrected chi connectivity index (χ0v) is 13.7. The van der Waals surface area contributed by atoms with Crippen LogP contribution in [-0.2, 0) is 5.54 Å². The van der Waals surface area contributed by atoms with Crippen LogP contribution in [0.25, 0.3) is 0 Å². The number of likely N-dealkylation sites (N-methyl/N-ethyl adjacent to an activating group) is 1. The molecule has 3 nitrogen and oxygen atoms in total. The lowest BCUT2D eigenvalue weighted by molar-refractivity contribution is 0.241. The molecule has 1 N–H and O–H groups in total. The summed E-state index contributed by atoms with van der Waals surface area (Å²) in [7, 11) is 0. The van der Waals surface area contributed by atoms with Gasteiger partial charge in [-0.15, -0.1) is 11.3 Å². The van der Waals surface area contributed by atoms with E-state index in [1.54, 1.807) is 0 Å². The van der Waals surface area contributed by atoms with Gasteiger partial charge >= 0.3 is 0 Å². The van der Waals surface area contributed by atoms with Crippen molar-refractivity contribution in [1.82, 2.24) is 15.2 Å². The van der Waals surface area contributed by atoms with Crippen molar-refractivity contribution in [2.45, 2.75) is 58.5 Å². The molecule has 2 heterocycles. The summed E-state index contributed by atoms with van der Waals surface area (Å²) in [6, 6.07) is 0.616. The molecule has 1 unspecified atom stereocenters. The molecule has 0 radical (unpaired) electrons. The number of hydrogen-bond donors (Lipinski definition) is 1. The van der Waals surface area contributed by atoms with Crippen LogP contribution < -0.4 is 5.32 Å². The van der Waals surface area contributed by atoms with Crippen LogP contribution in [-0.4, -0.2) is 35.6 Å². The molecule has 19 heavy (non-hydrogen) atoms. The largest absolute Gasteiger partial charge is 0.305 e. The van der Waals surface area contributed by atoms with Crippen molar-refractivity contribution in [3.63, 3.8) is 0 Å². The van der Waals surface area contributed by atoms with Crippen LogP contribution in [0.3, 0.4) is 0 Å². The second kappa shape index (κ2) is 5.90. The summed E-state index contributed by atoms with van der Waals surface area (Å²) in [4.78, 5) is 7.46. The van der Waals surface area contributed by atoms with Crippen molar-refractivity contribution >= 4 is 11.3 Å². The first kappa shape index (κ1) is 14.9. The van der Waals surface area contributed by atoms with E-state index >= 15 is 0 Å². The van der Waals surface area contributed by atoms with Crippen LogP contribution in [0, 0.1) is 0 Å². The van der Waals surface area contributed by atoms with Gasteiger partial charge in [-0.25, -0.2) is 4.98 Å². The van der Waals surface area contributed by atoms with Crippen molar-refractivity contribution in [3.8, 4) is 0 Å². The Morgan fingerprint density at radius 3 is 2.63 bits per heavy atom. The highest BCUT2D eigenvalue weighted by Crippen LogP contribution is 2.35. The Morgan fingerprint density at radius 1 is 1.42 bits per heavy atom. The molecule has 1 aromatic rings. The number of aromatic nitrogens is 1. The van der Waals surface area contributed by atoms with Crippen LogP contribution in [0.5, 0.6) is 0 Å². The maximum atomic E-state index is 4.91. The fourth-order valence-corrected chi connectivity index (χ4v) is 3.96. The molecule has 1 atom stereocenters. The van der Waals surface area contributed by atoms with E-state index in [-0.39, 0.29) is 5.54 Å².